The third-order valence-corrected chi connectivity index (χ3v) is 9.87. The molecule has 2 atom stereocenters. The Kier molecular flexibility index (Phi) is 8.19. The van der Waals surface area contributed by atoms with Crippen molar-refractivity contribution < 1.29 is 13.2 Å². The lowest BCUT2D eigenvalue weighted by molar-refractivity contribution is -0.126. The van der Waals surface area contributed by atoms with Crippen molar-refractivity contribution in [3.05, 3.63) is 102 Å². The molecule has 2 aliphatic rings. The molecule has 2 heterocycles. The van der Waals surface area contributed by atoms with Crippen molar-refractivity contribution in [1.82, 2.24) is 20.1 Å². The highest BCUT2D eigenvalue weighted by Crippen LogP contribution is 2.50. The molecule has 1 amide bonds. The molecule has 2 aliphatic heterocycles. The monoisotopic (exact) mass is 547 g/mol. The minimum absolute atomic E-state index is 0.287. The number of para-hydroxylation sites is 1. The molecule has 2 unspecified atom stereocenters. The SMILES string of the molecule is CS(=O)(=O)[N+]1(NC(=O)C(CCCc2ccccc2)NCc2ccccc2)CC2(CCNCC2)c2ccccc21. The molecule has 1 saturated heterocycles. The molecule has 0 aliphatic carbocycles. The summed E-state index contributed by atoms with van der Waals surface area (Å²) in [5.41, 5.74) is 6.78. The van der Waals surface area contributed by atoms with Crippen LogP contribution < -0.4 is 20.1 Å². The normalized spacial score (nSPS) is 20.8. The van der Waals surface area contributed by atoms with E-state index in [1.807, 2.05) is 72.8 Å². The third kappa shape index (κ3) is 5.79. The molecule has 1 spiro atoms. The van der Waals surface area contributed by atoms with Gasteiger partial charge in [0, 0.05) is 18.2 Å². The summed E-state index contributed by atoms with van der Waals surface area (Å²) in [5, 5.41) is 6.84. The standard InChI is InChI=1S/C31H38N4O3S/c1-39(37,38)35(24-31(19-21-32-22-20-31)27-16-8-9-18-29(27)35)34-30(36)28(33-23-26-13-6-3-7-14-26)17-10-15-25-11-4-2-5-12-25/h2-9,11-14,16,18,28,32-33H,10,15,17,19-24H2,1H3/p+1. The van der Waals surface area contributed by atoms with Gasteiger partial charge in [0.25, 0.3) is 5.91 Å². The second-order valence-electron chi connectivity index (χ2n) is 11.0. The van der Waals surface area contributed by atoms with E-state index in [-0.39, 0.29) is 11.3 Å². The van der Waals surface area contributed by atoms with E-state index in [9.17, 15) is 13.2 Å². The Bertz CT molecular complexity index is 1380. The van der Waals surface area contributed by atoms with Gasteiger partial charge in [0.1, 0.15) is 6.54 Å². The fourth-order valence-electron chi connectivity index (χ4n) is 6.22. The van der Waals surface area contributed by atoms with Crippen LogP contribution in [0.1, 0.15) is 42.4 Å². The fourth-order valence-corrected chi connectivity index (χ4v) is 7.47. The zero-order valence-electron chi connectivity index (χ0n) is 22.6. The number of carbonyl (C=O) groups excluding carboxylic acids is 1. The predicted molar refractivity (Wildman–Crippen MR) is 156 cm³/mol. The molecule has 5 rings (SSSR count). The Hall–Kier alpha value is -3.04. The van der Waals surface area contributed by atoms with E-state index in [1.54, 1.807) is 0 Å². The summed E-state index contributed by atoms with van der Waals surface area (Å²) in [6.07, 6.45) is 5.15. The van der Waals surface area contributed by atoms with Gasteiger partial charge in [-0.15, -0.1) is 0 Å². The molecule has 0 radical (unpaired) electrons. The van der Waals surface area contributed by atoms with Gasteiger partial charge >= 0.3 is 10.0 Å². The number of fused-ring (bicyclic) bond motifs is 2. The number of amides is 1. The molecule has 0 aromatic heterocycles. The molecule has 0 bridgehead atoms. The maximum absolute atomic E-state index is 14.0. The van der Waals surface area contributed by atoms with Crippen molar-refractivity contribution in [2.45, 2.75) is 50.1 Å². The van der Waals surface area contributed by atoms with Crippen molar-refractivity contribution in [2.24, 2.45) is 0 Å². The fraction of sp³-hybridized carbons (Fsp3) is 0.387. The molecule has 8 heteroatoms. The molecule has 39 heavy (non-hydrogen) atoms. The average molecular weight is 548 g/mol. The lowest BCUT2D eigenvalue weighted by Gasteiger charge is -2.36. The summed E-state index contributed by atoms with van der Waals surface area (Å²) in [6, 6.07) is 27.4. The van der Waals surface area contributed by atoms with Crippen LogP contribution in [0, 0.1) is 0 Å². The van der Waals surface area contributed by atoms with Crippen LogP contribution in [0.15, 0.2) is 84.9 Å². The van der Waals surface area contributed by atoms with Crippen LogP contribution >= 0.6 is 0 Å². The summed E-state index contributed by atoms with van der Waals surface area (Å²) in [5.74, 6) is -0.287. The first-order valence-corrected chi connectivity index (χ1v) is 15.7. The van der Waals surface area contributed by atoms with Gasteiger partial charge < -0.3 is 10.6 Å². The topological polar surface area (TPSA) is 87.3 Å². The first-order chi connectivity index (χ1) is 18.8. The van der Waals surface area contributed by atoms with Crippen LogP contribution in [0.5, 0.6) is 0 Å². The molecule has 1 fully saturated rings. The maximum atomic E-state index is 14.0. The number of sulfonamides is 1. The highest BCUT2D eigenvalue weighted by Gasteiger charge is 2.60. The molecule has 3 aromatic carbocycles. The van der Waals surface area contributed by atoms with Crippen molar-refractivity contribution in [3.63, 3.8) is 0 Å². The zero-order valence-corrected chi connectivity index (χ0v) is 23.4. The number of hydrogen-bond acceptors (Lipinski definition) is 5. The minimum Gasteiger partial charge on any atom is -0.317 e. The Balaban J connectivity index is 1.42. The first kappa shape index (κ1) is 27.5. The summed E-state index contributed by atoms with van der Waals surface area (Å²) >= 11 is 0. The molecule has 3 N–H and O–H groups in total. The van der Waals surface area contributed by atoms with E-state index < -0.39 is 20.1 Å². The maximum Gasteiger partial charge on any atom is 0.321 e. The summed E-state index contributed by atoms with van der Waals surface area (Å²) in [4.78, 5) is 14.0. The first-order valence-electron chi connectivity index (χ1n) is 13.9. The van der Waals surface area contributed by atoms with Gasteiger partial charge in [-0.3, -0.25) is 4.79 Å². The van der Waals surface area contributed by atoms with Crippen LogP contribution in [0.25, 0.3) is 0 Å². The smallest absolute Gasteiger partial charge is 0.317 e. The van der Waals surface area contributed by atoms with E-state index in [1.165, 1.54) is 11.8 Å². The van der Waals surface area contributed by atoms with E-state index in [0.717, 1.165) is 49.9 Å². The van der Waals surface area contributed by atoms with E-state index in [4.69, 9.17) is 0 Å². The van der Waals surface area contributed by atoms with Gasteiger partial charge in [0.2, 0.25) is 0 Å². The number of rotatable bonds is 10. The minimum atomic E-state index is -3.75. The van der Waals surface area contributed by atoms with Gasteiger partial charge in [0.05, 0.1) is 17.7 Å². The number of aryl methyl sites for hydroxylation is 1. The Morgan fingerprint density at radius 2 is 1.54 bits per heavy atom. The summed E-state index contributed by atoms with van der Waals surface area (Å²) in [7, 11) is -3.75. The average Bonchev–Trinajstić information content (AvgIpc) is 3.22. The number of quaternary nitrogens is 1. The van der Waals surface area contributed by atoms with Crippen molar-refractivity contribution in [2.75, 3.05) is 25.9 Å². The number of hydrogen-bond donors (Lipinski definition) is 3. The second-order valence-corrected chi connectivity index (χ2v) is 13.0. The lowest BCUT2D eigenvalue weighted by atomic mass is 9.75. The second kappa shape index (κ2) is 11.6. The van der Waals surface area contributed by atoms with Crippen molar-refractivity contribution in [1.29, 1.82) is 0 Å². The summed E-state index contributed by atoms with van der Waals surface area (Å²) in [6.45, 7) is 2.49. The van der Waals surface area contributed by atoms with Gasteiger partial charge in [-0.2, -0.15) is 13.8 Å². The van der Waals surface area contributed by atoms with Crippen LogP contribution in [0.3, 0.4) is 0 Å². The van der Waals surface area contributed by atoms with Crippen LogP contribution in [0.4, 0.5) is 5.69 Å². The van der Waals surface area contributed by atoms with E-state index in [0.29, 0.717) is 25.2 Å². The number of benzene rings is 3. The van der Waals surface area contributed by atoms with E-state index in [2.05, 4.69) is 28.2 Å². The molecule has 3 aromatic rings. The number of nitrogens with zero attached hydrogens (tertiary/aromatic N) is 1. The highest BCUT2D eigenvalue weighted by molar-refractivity contribution is 7.90. The van der Waals surface area contributed by atoms with Gasteiger partial charge in [-0.05, 0) is 56.3 Å². The number of piperidine rings is 1. The number of carbonyl (C=O) groups is 1. The summed E-state index contributed by atoms with van der Waals surface area (Å²) < 4.78 is 26.7. The zero-order chi connectivity index (χ0) is 27.3. The Labute approximate surface area is 232 Å². The van der Waals surface area contributed by atoms with Crippen molar-refractivity contribution >= 4 is 21.6 Å². The number of nitrogens with one attached hydrogen (secondary N) is 3. The molecular formula is C31H39N4O3S+. The molecule has 7 nitrogen and oxygen atoms in total. The highest BCUT2D eigenvalue weighted by atomic mass is 32.2. The lowest BCUT2D eigenvalue weighted by Crippen LogP contribution is -2.68. The molecule has 206 valence electrons. The van der Waals surface area contributed by atoms with Crippen LogP contribution in [-0.4, -0.2) is 46.3 Å². The molecule has 0 saturated carbocycles. The van der Waals surface area contributed by atoms with Crippen LogP contribution in [-0.2, 0) is 33.2 Å². The van der Waals surface area contributed by atoms with Crippen molar-refractivity contribution in [3.8, 4) is 0 Å². The third-order valence-electron chi connectivity index (χ3n) is 8.32. The largest absolute Gasteiger partial charge is 0.321 e. The quantitative estimate of drug-likeness (QED) is 0.336. The van der Waals surface area contributed by atoms with Crippen LogP contribution in [0.2, 0.25) is 0 Å². The predicted octanol–water partition coefficient (Wildman–Crippen LogP) is 3.80. The van der Waals surface area contributed by atoms with E-state index >= 15 is 0 Å². The Morgan fingerprint density at radius 3 is 2.21 bits per heavy atom. The Morgan fingerprint density at radius 1 is 0.923 bits per heavy atom. The van der Waals surface area contributed by atoms with Gasteiger partial charge in [-0.1, -0.05) is 82.9 Å². The van der Waals surface area contributed by atoms with Gasteiger partial charge in [-0.25, -0.2) is 0 Å². The van der Waals surface area contributed by atoms with Gasteiger partial charge in [0.15, 0.2) is 5.69 Å². The molecular weight excluding hydrogens is 508 g/mol.